The van der Waals surface area contributed by atoms with Gasteiger partial charge in [0.15, 0.2) is 0 Å². The van der Waals surface area contributed by atoms with Crippen LogP contribution in [-0.4, -0.2) is 56.2 Å². The van der Waals surface area contributed by atoms with E-state index in [1.807, 2.05) is 53.2 Å². The Morgan fingerprint density at radius 2 is 2.00 bits per heavy atom. The Balaban J connectivity index is 1.45. The number of aromatic nitrogens is 3. The van der Waals surface area contributed by atoms with E-state index in [4.69, 9.17) is 0 Å². The molecule has 2 aromatic heterocycles. The molecule has 1 aromatic carbocycles. The summed E-state index contributed by atoms with van der Waals surface area (Å²) in [5, 5.41) is 5.58. The third-order valence-electron chi connectivity index (χ3n) is 5.96. The van der Waals surface area contributed by atoms with Crippen molar-refractivity contribution in [1.29, 1.82) is 0 Å². The molecule has 1 atom stereocenters. The van der Waals surface area contributed by atoms with Crippen LogP contribution in [0.25, 0.3) is 10.9 Å². The van der Waals surface area contributed by atoms with Crippen molar-refractivity contribution in [3.8, 4) is 0 Å². The van der Waals surface area contributed by atoms with E-state index in [9.17, 15) is 4.79 Å². The molecule has 2 aliphatic rings. The number of likely N-dealkylation sites (tertiary alicyclic amines) is 1. The van der Waals surface area contributed by atoms with Gasteiger partial charge in [-0.2, -0.15) is 5.10 Å². The molecule has 4 heterocycles. The quantitative estimate of drug-likeness (QED) is 0.719. The van der Waals surface area contributed by atoms with E-state index in [0.717, 1.165) is 41.8 Å². The lowest BCUT2D eigenvalue weighted by Gasteiger charge is -2.35. The van der Waals surface area contributed by atoms with Gasteiger partial charge in [0.1, 0.15) is 0 Å². The Morgan fingerprint density at radius 3 is 2.85 bits per heavy atom. The van der Waals surface area contributed by atoms with Crippen LogP contribution in [0.15, 0.2) is 42.7 Å². The molecule has 0 N–H and O–H groups in total. The van der Waals surface area contributed by atoms with Gasteiger partial charge >= 0.3 is 0 Å². The molecule has 0 spiro atoms. The average Bonchev–Trinajstić information content (AvgIpc) is 3.42. The zero-order chi connectivity index (χ0) is 18.4. The van der Waals surface area contributed by atoms with Crippen molar-refractivity contribution in [2.75, 3.05) is 26.2 Å². The maximum atomic E-state index is 13.4. The van der Waals surface area contributed by atoms with Crippen LogP contribution in [0.1, 0.15) is 34.9 Å². The molecule has 2 aliphatic heterocycles. The summed E-state index contributed by atoms with van der Waals surface area (Å²) in [6.07, 6.45) is 6.38. The van der Waals surface area contributed by atoms with E-state index in [0.29, 0.717) is 13.1 Å². The van der Waals surface area contributed by atoms with Crippen LogP contribution < -0.4 is 0 Å². The molecule has 1 amide bonds. The minimum atomic E-state index is 0.116. The summed E-state index contributed by atoms with van der Waals surface area (Å²) in [7, 11) is 2.00. The molecule has 0 unspecified atom stereocenters. The number of hydrogen-bond acceptors (Lipinski definition) is 3. The van der Waals surface area contributed by atoms with Gasteiger partial charge < -0.3 is 14.4 Å². The number of fused-ring (bicyclic) bond motifs is 2. The van der Waals surface area contributed by atoms with E-state index in [2.05, 4.69) is 20.7 Å². The smallest absolute Gasteiger partial charge is 0.256 e. The maximum Gasteiger partial charge on any atom is 0.256 e. The summed E-state index contributed by atoms with van der Waals surface area (Å²) in [5.74, 6) is 0.116. The van der Waals surface area contributed by atoms with Crippen LogP contribution in [0, 0.1) is 0 Å². The fraction of sp³-hybridized carbons (Fsp3) is 0.429. The van der Waals surface area contributed by atoms with Crippen molar-refractivity contribution >= 4 is 16.8 Å². The number of nitrogens with zero attached hydrogens (tertiary/aromatic N) is 5. The van der Waals surface area contributed by atoms with Crippen LogP contribution in [0.4, 0.5) is 0 Å². The Bertz CT molecular complexity index is 982. The molecule has 1 fully saturated rings. The Kier molecular flexibility index (Phi) is 4.01. The van der Waals surface area contributed by atoms with Gasteiger partial charge in [-0.1, -0.05) is 18.2 Å². The minimum absolute atomic E-state index is 0.116. The molecule has 3 aromatic rings. The first-order valence-electron chi connectivity index (χ1n) is 9.79. The number of carbonyl (C=O) groups excluding carboxylic acids is 1. The molecule has 0 bridgehead atoms. The largest absolute Gasteiger partial charge is 0.350 e. The van der Waals surface area contributed by atoms with E-state index in [1.54, 1.807) is 0 Å². The van der Waals surface area contributed by atoms with Crippen molar-refractivity contribution < 1.29 is 4.79 Å². The molecule has 5 rings (SSSR count). The summed E-state index contributed by atoms with van der Waals surface area (Å²) in [5.41, 5.74) is 3.01. The van der Waals surface area contributed by atoms with Gasteiger partial charge in [-0.05, 0) is 38.1 Å². The van der Waals surface area contributed by atoms with Gasteiger partial charge in [-0.15, -0.1) is 0 Å². The molecule has 0 radical (unpaired) electrons. The molecule has 0 aliphatic carbocycles. The van der Waals surface area contributed by atoms with Crippen molar-refractivity contribution in [1.82, 2.24) is 24.1 Å². The predicted octanol–water partition coefficient (Wildman–Crippen LogP) is 2.67. The number of benzene rings is 1. The van der Waals surface area contributed by atoms with Gasteiger partial charge in [0.05, 0.1) is 23.8 Å². The number of para-hydroxylation sites is 1. The molecule has 1 saturated heterocycles. The van der Waals surface area contributed by atoms with Gasteiger partial charge in [0, 0.05) is 43.4 Å². The monoisotopic (exact) mass is 363 g/mol. The highest BCUT2D eigenvalue weighted by Gasteiger charge is 2.31. The van der Waals surface area contributed by atoms with Gasteiger partial charge in [0.2, 0.25) is 0 Å². The number of hydrogen-bond donors (Lipinski definition) is 0. The van der Waals surface area contributed by atoms with Crippen LogP contribution in [0.2, 0.25) is 0 Å². The molecule has 6 heteroatoms. The van der Waals surface area contributed by atoms with Gasteiger partial charge in [-0.25, -0.2) is 0 Å². The van der Waals surface area contributed by atoms with E-state index in [-0.39, 0.29) is 11.9 Å². The second kappa shape index (κ2) is 6.53. The van der Waals surface area contributed by atoms with E-state index >= 15 is 0 Å². The highest BCUT2D eigenvalue weighted by atomic mass is 16.2. The van der Waals surface area contributed by atoms with Gasteiger partial charge in [-0.3, -0.25) is 9.48 Å². The summed E-state index contributed by atoms with van der Waals surface area (Å²) < 4.78 is 4.17. The fourth-order valence-electron chi connectivity index (χ4n) is 4.62. The molecular formula is C21H25N5O. The van der Waals surface area contributed by atoms with Crippen LogP contribution in [0.3, 0.4) is 0 Å². The Labute approximate surface area is 159 Å². The standard InChI is InChI=1S/C21H25N5O/c1-23-15-19(18-6-2-3-7-20(18)23)21(27)25-13-16-8-9-22-26(16)17(14-25)12-24-10-4-5-11-24/h2-3,6-9,15,17H,4-5,10-14H2,1H3/t17-/m0/s1. The second-order valence-corrected chi connectivity index (χ2v) is 7.79. The Hall–Kier alpha value is -2.60. The molecule has 140 valence electrons. The van der Waals surface area contributed by atoms with Crippen molar-refractivity contribution in [3.05, 3.63) is 54.0 Å². The number of amides is 1. The van der Waals surface area contributed by atoms with Crippen LogP contribution in [-0.2, 0) is 13.6 Å². The predicted molar refractivity (Wildman–Crippen MR) is 105 cm³/mol. The molecular weight excluding hydrogens is 338 g/mol. The number of rotatable bonds is 3. The maximum absolute atomic E-state index is 13.4. The SMILES string of the molecule is Cn1cc(C(=O)N2Cc3ccnn3[C@@H](CN3CCCC3)C2)c2ccccc21. The van der Waals surface area contributed by atoms with Crippen molar-refractivity contribution in [2.24, 2.45) is 7.05 Å². The lowest BCUT2D eigenvalue weighted by Crippen LogP contribution is -2.45. The second-order valence-electron chi connectivity index (χ2n) is 7.79. The first-order valence-corrected chi connectivity index (χ1v) is 9.79. The normalized spacial score (nSPS) is 20.3. The zero-order valence-electron chi connectivity index (χ0n) is 15.7. The first-order chi connectivity index (χ1) is 13.2. The highest BCUT2D eigenvalue weighted by molar-refractivity contribution is 6.07. The van der Waals surface area contributed by atoms with Gasteiger partial charge in [0.25, 0.3) is 5.91 Å². The van der Waals surface area contributed by atoms with Crippen LogP contribution >= 0.6 is 0 Å². The fourth-order valence-corrected chi connectivity index (χ4v) is 4.62. The molecule has 27 heavy (non-hydrogen) atoms. The lowest BCUT2D eigenvalue weighted by atomic mass is 10.1. The minimum Gasteiger partial charge on any atom is -0.350 e. The van der Waals surface area contributed by atoms with Crippen LogP contribution in [0.5, 0.6) is 0 Å². The third-order valence-corrected chi connectivity index (χ3v) is 5.96. The average molecular weight is 363 g/mol. The molecule has 6 nitrogen and oxygen atoms in total. The summed E-state index contributed by atoms with van der Waals surface area (Å²) in [6.45, 7) is 4.62. The topological polar surface area (TPSA) is 46.3 Å². The first kappa shape index (κ1) is 16.6. The zero-order valence-corrected chi connectivity index (χ0v) is 15.7. The van der Waals surface area contributed by atoms with Crippen molar-refractivity contribution in [2.45, 2.75) is 25.4 Å². The van der Waals surface area contributed by atoms with E-state index in [1.165, 1.54) is 12.8 Å². The third kappa shape index (κ3) is 2.84. The molecule has 0 saturated carbocycles. The summed E-state index contributed by atoms with van der Waals surface area (Å²) >= 11 is 0. The number of aryl methyl sites for hydroxylation is 1. The van der Waals surface area contributed by atoms with E-state index < -0.39 is 0 Å². The van der Waals surface area contributed by atoms with Crippen molar-refractivity contribution in [3.63, 3.8) is 0 Å². The number of carbonyl (C=O) groups is 1. The summed E-state index contributed by atoms with van der Waals surface area (Å²) in [6, 6.07) is 10.4. The lowest BCUT2D eigenvalue weighted by molar-refractivity contribution is 0.0648. The highest BCUT2D eigenvalue weighted by Crippen LogP contribution is 2.27. The summed E-state index contributed by atoms with van der Waals surface area (Å²) in [4.78, 5) is 17.9. The Morgan fingerprint density at radius 1 is 1.19 bits per heavy atom.